The molecular formula is C27H37F3N4O5. The molecule has 1 aromatic heterocycles. The van der Waals surface area contributed by atoms with Gasteiger partial charge in [0.2, 0.25) is 0 Å². The number of benzene rings is 1. The molecule has 2 aromatic rings. The van der Waals surface area contributed by atoms with Gasteiger partial charge in [-0.2, -0.15) is 18.2 Å². The molecule has 0 spiro atoms. The van der Waals surface area contributed by atoms with Crippen molar-refractivity contribution in [3.63, 3.8) is 0 Å². The molecule has 0 saturated carbocycles. The normalized spacial score (nSPS) is 13.7. The lowest BCUT2D eigenvalue weighted by Crippen LogP contribution is -2.46. The Hall–Kier alpha value is -3.41. The van der Waals surface area contributed by atoms with Gasteiger partial charge in [0.25, 0.3) is 0 Å². The van der Waals surface area contributed by atoms with Crippen LogP contribution in [-0.2, 0) is 10.9 Å². The summed E-state index contributed by atoms with van der Waals surface area (Å²) in [6.45, 7) is 13.7. The van der Waals surface area contributed by atoms with Gasteiger partial charge in [0.1, 0.15) is 18.0 Å². The predicted molar refractivity (Wildman–Crippen MR) is 139 cm³/mol. The zero-order valence-corrected chi connectivity index (χ0v) is 23.5. The number of aromatic nitrogens is 2. The molecule has 1 heterocycles. The van der Waals surface area contributed by atoms with Crippen LogP contribution in [0.4, 0.5) is 22.8 Å². The molecule has 0 fully saturated rings. The van der Waals surface area contributed by atoms with Gasteiger partial charge in [-0.25, -0.2) is 19.5 Å². The summed E-state index contributed by atoms with van der Waals surface area (Å²) in [6, 6.07) is 3.78. The van der Waals surface area contributed by atoms with Crippen LogP contribution in [0, 0.1) is 5.92 Å². The maximum Gasteiger partial charge on any atom is 0.427 e. The van der Waals surface area contributed by atoms with Crippen LogP contribution in [0.2, 0.25) is 0 Å². The average molecular weight is 555 g/mol. The highest BCUT2D eigenvalue weighted by Crippen LogP contribution is 2.39. The van der Waals surface area contributed by atoms with Crippen molar-refractivity contribution in [3.8, 4) is 23.0 Å². The average Bonchev–Trinajstić information content (AvgIpc) is 2.75. The molecule has 2 N–H and O–H groups in total. The van der Waals surface area contributed by atoms with Crippen molar-refractivity contribution in [2.75, 3.05) is 6.61 Å². The van der Waals surface area contributed by atoms with Crippen molar-refractivity contribution >= 4 is 12.2 Å². The minimum Gasteiger partial charge on any atom is -0.491 e. The van der Waals surface area contributed by atoms with Crippen LogP contribution in [0.5, 0.6) is 11.8 Å². The molecule has 0 aliphatic carbocycles. The minimum absolute atomic E-state index is 0.0571. The number of ether oxygens (including phenoxy) is 3. The summed E-state index contributed by atoms with van der Waals surface area (Å²) in [5.41, 5.74) is 3.66. The van der Waals surface area contributed by atoms with Crippen LogP contribution in [0.15, 0.2) is 30.5 Å². The first-order chi connectivity index (χ1) is 17.8. The second-order valence-electron chi connectivity index (χ2n) is 11.3. The second kappa shape index (κ2) is 12.2. The molecule has 39 heavy (non-hydrogen) atoms. The summed E-state index contributed by atoms with van der Waals surface area (Å²) >= 11 is 0. The lowest BCUT2D eigenvalue weighted by molar-refractivity contribution is -0.139. The van der Waals surface area contributed by atoms with Gasteiger partial charge in [-0.1, -0.05) is 13.8 Å². The standard InChI is InChI=1S/C27H37F3N4O5/c1-16(2)14-26(8,31)15-37-21-10-9-18(13-19(21)27(28,29)30)20-11-12-32-22(33-20)38-23(35)34(17(3)4)24(36)39-25(5,6)7/h9-13,16-17H,14-15,31H2,1-8H3/t26-/m0/s1. The number of carbonyl (C=O) groups excluding carboxylic acids is 2. The zero-order valence-electron chi connectivity index (χ0n) is 23.5. The first-order valence-electron chi connectivity index (χ1n) is 12.5. The van der Waals surface area contributed by atoms with Crippen molar-refractivity contribution < 1.29 is 37.0 Å². The largest absolute Gasteiger partial charge is 0.491 e. The van der Waals surface area contributed by atoms with Crippen LogP contribution in [0.1, 0.15) is 67.4 Å². The first kappa shape index (κ1) is 31.8. The lowest BCUT2D eigenvalue weighted by atomic mass is 9.93. The number of halogens is 3. The highest BCUT2D eigenvalue weighted by Gasteiger charge is 2.36. The molecule has 1 aromatic carbocycles. The molecule has 2 rings (SSSR count). The molecule has 0 aliphatic rings. The zero-order chi connectivity index (χ0) is 29.8. The van der Waals surface area contributed by atoms with Crippen LogP contribution in [0.25, 0.3) is 11.3 Å². The molecule has 2 amide bonds. The van der Waals surface area contributed by atoms with E-state index in [4.69, 9.17) is 19.9 Å². The number of hydrogen-bond acceptors (Lipinski definition) is 8. The number of alkyl halides is 3. The van der Waals surface area contributed by atoms with Gasteiger partial charge in [0.05, 0.1) is 11.3 Å². The van der Waals surface area contributed by atoms with E-state index in [1.54, 1.807) is 41.5 Å². The Bertz CT molecular complexity index is 1160. The number of nitrogens with zero attached hydrogens (tertiary/aromatic N) is 3. The Morgan fingerprint density at radius 2 is 1.67 bits per heavy atom. The number of nitrogens with two attached hydrogens (primary N) is 1. The fourth-order valence-corrected chi connectivity index (χ4v) is 3.76. The molecule has 0 bridgehead atoms. The van der Waals surface area contributed by atoms with E-state index < -0.39 is 47.1 Å². The fraction of sp³-hybridized carbons (Fsp3) is 0.556. The van der Waals surface area contributed by atoms with E-state index in [-0.39, 0.29) is 29.5 Å². The Morgan fingerprint density at radius 1 is 1.03 bits per heavy atom. The molecule has 216 valence electrons. The maximum absolute atomic E-state index is 13.9. The van der Waals surface area contributed by atoms with E-state index >= 15 is 0 Å². The third kappa shape index (κ3) is 9.68. The third-order valence-electron chi connectivity index (χ3n) is 5.13. The quantitative estimate of drug-likeness (QED) is 0.396. The van der Waals surface area contributed by atoms with E-state index in [1.165, 1.54) is 24.4 Å². The summed E-state index contributed by atoms with van der Waals surface area (Å²) in [7, 11) is 0. The first-order valence-corrected chi connectivity index (χ1v) is 12.5. The van der Waals surface area contributed by atoms with Gasteiger partial charge < -0.3 is 19.9 Å². The smallest absolute Gasteiger partial charge is 0.427 e. The second-order valence-corrected chi connectivity index (χ2v) is 11.3. The summed E-state index contributed by atoms with van der Waals surface area (Å²) in [5, 5.41) is 0. The van der Waals surface area contributed by atoms with Crippen LogP contribution in [0.3, 0.4) is 0 Å². The Labute approximate surface area is 226 Å². The van der Waals surface area contributed by atoms with E-state index in [0.29, 0.717) is 6.42 Å². The summed E-state index contributed by atoms with van der Waals surface area (Å²) in [6.07, 6.45) is -4.95. The van der Waals surface area contributed by atoms with Crippen LogP contribution >= 0.6 is 0 Å². The van der Waals surface area contributed by atoms with Crippen molar-refractivity contribution in [2.45, 2.75) is 85.2 Å². The van der Waals surface area contributed by atoms with Crippen LogP contribution < -0.4 is 15.2 Å². The van der Waals surface area contributed by atoms with Gasteiger partial charge in [-0.15, -0.1) is 0 Å². The number of carbonyl (C=O) groups is 2. The van der Waals surface area contributed by atoms with Crippen molar-refractivity contribution in [3.05, 3.63) is 36.0 Å². The molecule has 1 atom stereocenters. The predicted octanol–water partition coefficient (Wildman–Crippen LogP) is 6.45. The summed E-state index contributed by atoms with van der Waals surface area (Å²) in [4.78, 5) is 33.9. The highest BCUT2D eigenvalue weighted by atomic mass is 19.4. The van der Waals surface area contributed by atoms with E-state index in [9.17, 15) is 22.8 Å². The minimum atomic E-state index is -4.72. The third-order valence-corrected chi connectivity index (χ3v) is 5.13. The molecule has 0 aliphatic heterocycles. The summed E-state index contributed by atoms with van der Waals surface area (Å²) < 4.78 is 57.7. The van der Waals surface area contributed by atoms with Gasteiger partial charge in [-0.3, -0.25) is 0 Å². The Kier molecular flexibility index (Phi) is 9.94. The van der Waals surface area contributed by atoms with Crippen molar-refractivity contribution in [2.24, 2.45) is 11.7 Å². The van der Waals surface area contributed by atoms with Crippen LogP contribution in [-0.4, -0.2) is 50.8 Å². The van der Waals surface area contributed by atoms with Crippen molar-refractivity contribution in [1.82, 2.24) is 14.9 Å². The van der Waals surface area contributed by atoms with E-state index in [0.717, 1.165) is 11.0 Å². The SMILES string of the molecule is CC(C)C[C@](C)(N)COc1ccc(-c2ccnc(OC(=O)N(C(=O)OC(C)(C)C)C(C)C)n2)cc1C(F)(F)F. The Balaban J connectivity index is 2.32. The molecule has 0 unspecified atom stereocenters. The lowest BCUT2D eigenvalue weighted by Gasteiger charge is -2.27. The monoisotopic (exact) mass is 554 g/mol. The molecular weight excluding hydrogens is 517 g/mol. The van der Waals surface area contributed by atoms with Gasteiger partial charge in [0, 0.05) is 23.3 Å². The Morgan fingerprint density at radius 3 is 2.21 bits per heavy atom. The maximum atomic E-state index is 13.9. The van der Waals surface area contributed by atoms with E-state index in [1.807, 2.05) is 13.8 Å². The molecule has 12 heteroatoms. The molecule has 9 nitrogen and oxygen atoms in total. The topological polar surface area (TPSA) is 117 Å². The van der Waals surface area contributed by atoms with Gasteiger partial charge in [0.15, 0.2) is 0 Å². The number of rotatable bonds is 8. The number of imide groups is 1. The fourth-order valence-electron chi connectivity index (χ4n) is 3.76. The molecule has 0 saturated heterocycles. The number of hydrogen-bond donors (Lipinski definition) is 1. The number of amides is 2. The summed E-state index contributed by atoms with van der Waals surface area (Å²) in [5.74, 6) is -0.122. The molecule has 0 radical (unpaired) electrons. The highest BCUT2D eigenvalue weighted by molar-refractivity contribution is 5.89. The van der Waals surface area contributed by atoms with E-state index in [2.05, 4.69) is 9.97 Å². The van der Waals surface area contributed by atoms with Gasteiger partial charge >= 0.3 is 24.4 Å². The van der Waals surface area contributed by atoms with Crippen molar-refractivity contribution in [1.29, 1.82) is 0 Å². The van der Waals surface area contributed by atoms with Gasteiger partial charge in [-0.05, 0) is 78.1 Å².